The number of likely N-dealkylation sites (tertiary alicyclic amines) is 1. The van der Waals surface area contributed by atoms with Crippen LogP contribution in [0, 0.1) is 5.92 Å². The van der Waals surface area contributed by atoms with E-state index in [1.54, 1.807) is 0 Å². The van der Waals surface area contributed by atoms with Crippen molar-refractivity contribution in [3.63, 3.8) is 0 Å². The lowest BCUT2D eigenvalue weighted by atomic mass is 9.97. The number of carbonyl (C=O) groups excluding carboxylic acids is 1. The van der Waals surface area contributed by atoms with Crippen molar-refractivity contribution >= 4 is 12.1 Å². The minimum Gasteiger partial charge on any atom is -0.444 e. The summed E-state index contributed by atoms with van der Waals surface area (Å²) in [6.45, 7) is 15.7. The minimum atomic E-state index is -0.445. The molecule has 154 valence electrons. The molecule has 0 saturated carbocycles. The van der Waals surface area contributed by atoms with Gasteiger partial charge in [-0.15, -0.1) is 0 Å². The summed E-state index contributed by atoms with van der Waals surface area (Å²) in [6, 6.07) is 0.278. The van der Waals surface area contributed by atoms with Gasteiger partial charge in [0.05, 0.1) is 12.6 Å². The first-order valence-corrected chi connectivity index (χ1v) is 10.6. The third-order valence-corrected chi connectivity index (χ3v) is 5.65. The Morgan fingerprint density at radius 3 is 2.63 bits per heavy atom. The quantitative estimate of drug-likeness (QED) is 0.809. The molecular weight excluding hydrogens is 342 g/mol. The maximum atomic E-state index is 12.3. The largest absolute Gasteiger partial charge is 0.444 e. The number of nitrogens with one attached hydrogen (secondary N) is 1. The van der Waals surface area contributed by atoms with Crippen LogP contribution in [0.1, 0.15) is 47.0 Å². The van der Waals surface area contributed by atoms with Crippen molar-refractivity contribution < 1.29 is 9.53 Å². The molecule has 1 unspecified atom stereocenters. The van der Waals surface area contributed by atoms with Crippen molar-refractivity contribution in [2.24, 2.45) is 10.9 Å². The van der Waals surface area contributed by atoms with Crippen molar-refractivity contribution in [2.75, 3.05) is 52.4 Å². The Bertz CT molecular complexity index is 537. The highest BCUT2D eigenvalue weighted by atomic mass is 16.6. The van der Waals surface area contributed by atoms with Gasteiger partial charge in [-0.2, -0.15) is 0 Å². The molecule has 1 atom stereocenters. The van der Waals surface area contributed by atoms with Gasteiger partial charge in [0, 0.05) is 26.2 Å². The number of hydrogen-bond acceptors (Lipinski definition) is 6. The zero-order chi connectivity index (χ0) is 19.4. The molecule has 2 saturated heterocycles. The fourth-order valence-electron chi connectivity index (χ4n) is 4.19. The Morgan fingerprint density at radius 2 is 1.96 bits per heavy atom. The van der Waals surface area contributed by atoms with Gasteiger partial charge in [-0.25, -0.2) is 4.79 Å². The fraction of sp³-hybridized carbons (Fsp3) is 0.900. The van der Waals surface area contributed by atoms with Crippen molar-refractivity contribution in [1.29, 1.82) is 0 Å². The summed E-state index contributed by atoms with van der Waals surface area (Å²) in [7, 11) is 0. The molecule has 3 heterocycles. The van der Waals surface area contributed by atoms with Gasteiger partial charge in [-0.3, -0.25) is 4.99 Å². The molecule has 3 rings (SSSR count). The van der Waals surface area contributed by atoms with E-state index in [0.717, 1.165) is 31.5 Å². The van der Waals surface area contributed by atoms with E-state index >= 15 is 0 Å². The third-order valence-electron chi connectivity index (χ3n) is 5.65. The number of guanidine groups is 1. The number of amides is 1. The van der Waals surface area contributed by atoms with E-state index in [1.165, 1.54) is 38.9 Å². The number of nitrogens with zero attached hydrogens (tertiary/aromatic N) is 4. The highest BCUT2D eigenvalue weighted by molar-refractivity contribution is 5.82. The summed E-state index contributed by atoms with van der Waals surface area (Å²) in [6.07, 6.45) is 3.59. The second-order valence-corrected chi connectivity index (χ2v) is 9.10. The second kappa shape index (κ2) is 8.67. The van der Waals surface area contributed by atoms with Crippen LogP contribution in [0.15, 0.2) is 4.99 Å². The van der Waals surface area contributed by atoms with Crippen LogP contribution in [0.2, 0.25) is 0 Å². The van der Waals surface area contributed by atoms with Gasteiger partial charge in [0.2, 0.25) is 0 Å². The topological polar surface area (TPSA) is 60.4 Å². The number of carbonyl (C=O) groups is 1. The SMILES string of the molecule is CCCN1CCC(CNC2=NCC3CN(C(=O)OC(C)(C)C)CCN23)CC1. The number of piperazine rings is 1. The molecule has 0 aromatic rings. The molecule has 0 aliphatic carbocycles. The van der Waals surface area contributed by atoms with Crippen LogP contribution in [-0.4, -0.2) is 90.8 Å². The van der Waals surface area contributed by atoms with Crippen LogP contribution in [0.3, 0.4) is 0 Å². The number of fused-ring (bicyclic) bond motifs is 1. The molecule has 0 aromatic heterocycles. The molecule has 7 heteroatoms. The lowest BCUT2D eigenvalue weighted by Crippen LogP contribution is -2.58. The molecule has 0 aromatic carbocycles. The van der Waals surface area contributed by atoms with Crippen LogP contribution in [-0.2, 0) is 4.74 Å². The zero-order valence-electron chi connectivity index (χ0n) is 17.5. The van der Waals surface area contributed by atoms with E-state index in [0.29, 0.717) is 13.1 Å². The Balaban J connectivity index is 1.41. The predicted octanol–water partition coefficient (Wildman–Crippen LogP) is 1.99. The zero-order valence-corrected chi connectivity index (χ0v) is 17.5. The van der Waals surface area contributed by atoms with Crippen LogP contribution < -0.4 is 5.32 Å². The van der Waals surface area contributed by atoms with Crippen LogP contribution >= 0.6 is 0 Å². The molecule has 0 spiro atoms. The van der Waals surface area contributed by atoms with Gasteiger partial charge < -0.3 is 24.8 Å². The van der Waals surface area contributed by atoms with E-state index in [4.69, 9.17) is 9.73 Å². The summed E-state index contributed by atoms with van der Waals surface area (Å²) in [5.74, 6) is 1.77. The molecule has 0 bridgehead atoms. The van der Waals surface area contributed by atoms with Gasteiger partial charge in [0.15, 0.2) is 5.96 Å². The van der Waals surface area contributed by atoms with Crippen molar-refractivity contribution in [3.05, 3.63) is 0 Å². The first kappa shape index (κ1) is 20.2. The van der Waals surface area contributed by atoms with Crippen LogP contribution in [0.5, 0.6) is 0 Å². The van der Waals surface area contributed by atoms with Gasteiger partial charge in [0.25, 0.3) is 0 Å². The third kappa shape index (κ3) is 5.50. The Hall–Kier alpha value is -1.50. The normalized spacial score (nSPS) is 24.6. The number of rotatable bonds is 4. The maximum absolute atomic E-state index is 12.3. The molecule has 2 fully saturated rings. The molecular formula is C20H37N5O2. The monoisotopic (exact) mass is 379 g/mol. The number of hydrogen-bond donors (Lipinski definition) is 1. The number of piperidine rings is 1. The Labute approximate surface area is 164 Å². The van der Waals surface area contributed by atoms with Crippen molar-refractivity contribution in [3.8, 4) is 0 Å². The average Bonchev–Trinajstić information content (AvgIpc) is 3.02. The summed E-state index contributed by atoms with van der Waals surface area (Å²) in [5, 5.41) is 3.60. The predicted molar refractivity (Wildman–Crippen MR) is 108 cm³/mol. The van der Waals surface area contributed by atoms with E-state index < -0.39 is 5.60 Å². The highest BCUT2D eigenvalue weighted by Gasteiger charge is 2.36. The maximum Gasteiger partial charge on any atom is 0.410 e. The fourth-order valence-corrected chi connectivity index (χ4v) is 4.19. The van der Waals surface area contributed by atoms with Gasteiger partial charge in [-0.1, -0.05) is 6.92 Å². The lowest BCUT2D eigenvalue weighted by molar-refractivity contribution is 0.0137. The summed E-state index contributed by atoms with van der Waals surface area (Å²) < 4.78 is 5.52. The van der Waals surface area contributed by atoms with Gasteiger partial charge >= 0.3 is 6.09 Å². The first-order chi connectivity index (χ1) is 12.9. The van der Waals surface area contributed by atoms with E-state index in [9.17, 15) is 4.79 Å². The van der Waals surface area contributed by atoms with Gasteiger partial charge in [-0.05, 0) is 65.6 Å². The van der Waals surface area contributed by atoms with Crippen molar-refractivity contribution in [2.45, 2.75) is 58.6 Å². The summed E-state index contributed by atoms with van der Waals surface area (Å²) in [5.41, 5.74) is -0.445. The highest BCUT2D eigenvalue weighted by Crippen LogP contribution is 2.20. The standard InChI is InChI=1S/C20H37N5O2/c1-5-8-23-9-6-16(7-10-23)13-21-18-22-14-17-15-24(11-12-25(17)18)19(26)27-20(2,3)4/h16-17H,5-15H2,1-4H3,(H,21,22). The number of aliphatic imine (C=N–C) groups is 1. The summed E-state index contributed by atoms with van der Waals surface area (Å²) in [4.78, 5) is 23.8. The lowest BCUT2D eigenvalue weighted by Gasteiger charge is -2.39. The molecule has 1 amide bonds. The molecule has 27 heavy (non-hydrogen) atoms. The second-order valence-electron chi connectivity index (χ2n) is 9.10. The first-order valence-electron chi connectivity index (χ1n) is 10.6. The van der Waals surface area contributed by atoms with Crippen molar-refractivity contribution in [1.82, 2.24) is 20.0 Å². The van der Waals surface area contributed by atoms with E-state index in [2.05, 4.69) is 22.0 Å². The smallest absolute Gasteiger partial charge is 0.410 e. The average molecular weight is 380 g/mol. The molecule has 3 aliphatic heterocycles. The molecule has 3 aliphatic rings. The van der Waals surface area contributed by atoms with Gasteiger partial charge in [0.1, 0.15) is 5.60 Å². The number of ether oxygens (including phenoxy) is 1. The summed E-state index contributed by atoms with van der Waals surface area (Å²) >= 11 is 0. The molecule has 1 N–H and O–H groups in total. The van der Waals surface area contributed by atoms with E-state index in [1.807, 2.05) is 25.7 Å². The minimum absolute atomic E-state index is 0.206. The molecule has 7 nitrogen and oxygen atoms in total. The Morgan fingerprint density at radius 1 is 1.22 bits per heavy atom. The van der Waals surface area contributed by atoms with Crippen LogP contribution in [0.25, 0.3) is 0 Å². The molecule has 0 radical (unpaired) electrons. The van der Waals surface area contributed by atoms with Crippen LogP contribution in [0.4, 0.5) is 4.79 Å². The Kier molecular flexibility index (Phi) is 6.50. The van der Waals surface area contributed by atoms with E-state index in [-0.39, 0.29) is 12.1 Å².